The topological polar surface area (TPSA) is 91.3 Å². The Hall–Kier alpha value is -2.74. The number of aryl methyl sites for hydroxylation is 2. The number of carbonyl (C=O) groups excluding carboxylic acids is 3. The molecule has 0 aliphatic carbocycles. The van der Waals surface area contributed by atoms with Crippen molar-refractivity contribution in [1.82, 2.24) is 15.1 Å². The maximum absolute atomic E-state index is 12.6. The summed E-state index contributed by atoms with van der Waals surface area (Å²) in [6, 6.07) is 4.54. The van der Waals surface area contributed by atoms with Gasteiger partial charge in [0.2, 0.25) is 5.96 Å². The average Bonchev–Trinajstić information content (AvgIpc) is 2.68. The molecule has 2 aliphatic heterocycles. The highest BCUT2D eigenvalue weighted by Gasteiger charge is 2.41. The van der Waals surface area contributed by atoms with Crippen LogP contribution in [0.1, 0.15) is 16.7 Å². The Kier molecular flexibility index (Phi) is 5.55. The number of ketones is 1. The molecule has 8 nitrogen and oxygen atoms in total. The van der Waals surface area contributed by atoms with Gasteiger partial charge in [0.15, 0.2) is 6.04 Å². The third-order valence-electron chi connectivity index (χ3n) is 4.89. The predicted molar refractivity (Wildman–Crippen MR) is 99.2 cm³/mol. The van der Waals surface area contributed by atoms with Crippen molar-refractivity contribution in [3.05, 3.63) is 34.9 Å². The Bertz CT molecular complexity index is 799. The number of nitrogens with zero attached hydrogens (tertiary/aromatic N) is 3. The van der Waals surface area contributed by atoms with Crippen molar-refractivity contribution in [3.63, 3.8) is 0 Å². The summed E-state index contributed by atoms with van der Waals surface area (Å²) in [5.41, 5.74) is 3.22. The number of aliphatic imine (C=N–C) groups is 1. The number of guanidine groups is 1. The molecule has 1 fully saturated rings. The van der Waals surface area contributed by atoms with Crippen LogP contribution in [0, 0.1) is 13.8 Å². The number of rotatable bonds is 3. The first-order valence-corrected chi connectivity index (χ1v) is 8.94. The fourth-order valence-corrected chi connectivity index (χ4v) is 3.07. The van der Waals surface area contributed by atoms with Crippen LogP contribution in [0.15, 0.2) is 23.2 Å². The van der Waals surface area contributed by atoms with Gasteiger partial charge in [0, 0.05) is 26.7 Å². The molecular weight excluding hydrogens is 348 g/mol. The van der Waals surface area contributed by atoms with E-state index in [0.29, 0.717) is 32.3 Å². The summed E-state index contributed by atoms with van der Waals surface area (Å²) >= 11 is 0. The first-order valence-electron chi connectivity index (χ1n) is 8.94. The number of likely N-dealkylation sites (N-methyl/N-ethyl adjacent to an activating group) is 1. The molecule has 2 amide bonds. The number of hydrogen-bond donors (Lipinski definition) is 1. The van der Waals surface area contributed by atoms with Crippen LogP contribution in [0.3, 0.4) is 0 Å². The van der Waals surface area contributed by atoms with Gasteiger partial charge in [0.05, 0.1) is 13.2 Å². The molecule has 144 valence electrons. The number of morpholine rings is 1. The molecule has 1 N–H and O–H groups in total. The Morgan fingerprint density at radius 2 is 1.93 bits per heavy atom. The van der Waals surface area contributed by atoms with E-state index in [-0.39, 0.29) is 6.54 Å². The number of ether oxygens (including phenoxy) is 1. The molecule has 1 unspecified atom stereocenters. The van der Waals surface area contributed by atoms with E-state index in [4.69, 9.17) is 4.74 Å². The Labute approximate surface area is 158 Å². The van der Waals surface area contributed by atoms with Gasteiger partial charge in [-0.15, -0.1) is 0 Å². The van der Waals surface area contributed by atoms with Crippen molar-refractivity contribution < 1.29 is 19.1 Å². The fraction of sp³-hybridized carbons (Fsp3) is 0.474. The van der Waals surface area contributed by atoms with Crippen LogP contribution < -0.4 is 5.32 Å². The van der Waals surface area contributed by atoms with Gasteiger partial charge in [-0.2, -0.15) is 0 Å². The molecule has 2 aliphatic rings. The molecule has 8 heteroatoms. The number of benzene rings is 1. The van der Waals surface area contributed by atoms with Crippen LogP contribution in [0.25, 0.3) is 0 Å². The molecular formula is C19H24N4O4. The van der Waals surface area contributed by atoms with E-state index < -0.39 is 23.6 Å². The van der Waals surface area contributed by atoms with Gasteiger partial charge in [-0.1, -0.05) is 18.2 Å². The minimum atomic E-state index is -1.35. The zero-order valence-corrected chi connectivity index (χ0v) is 15.8. The molecule has 0 radical (unpaired) electrons. The molecule has 0 bridgehead atoms. The van der Waals surface area contributed by atoms with Gasteiger partial charge in [-0.3, -0.25) is 19.3 Å². The number of nitrogens with one attached hydrogen (secondary N) is 1. The maximum atomic E-state index is 12.6. The van der Waals surface area contributed by atoms with Gasteiger partial charge in [-0.25, -0.2) is 4.99 Å². The van der Waals surface area contributed by atoms with Crippen LogP contribution >= 0.6 is 0 Å². The first-order chi connectivity index (χ1) is 12.9. The summed E-state index contributed by atoms with van der Waals surface area (Å²) in [6.45, 7) is 6.43. The number of carbonyl (C=O) groups is 3. The summed E-state index contributed by atoms with van der Waals surface area (Å²) in [4.78, 5) is 44.5. The second-order valence-corrected chi connectivity index (χ2v) is 6.80. The Balaban J connectivity index is 1.74. The van der Waals surface area contributed by atoms with Crippen LogP contribution in [0.2, 0.25) is 0 Å². The Morgan fingerprint density at radius 1 is 1.22 bits per heavy atom. The average molecular weight is 372 g/mol. The highest BCUT2D eigenvalue weighted by molar-refractivity contribution is 6.45. The van der Waals surface area contributed by atoms with Crippen molar-refractivity contribution in [3.8, 4) is 0 Å². The third-order valence-corrected chi connectivity index (χ3v) is 4.89. The van der Waals surface area contributed by atoms with E-state index in [2.05, 4.69) is 10.3 Å². The van der Waals surface area contributed by atoms with Gasteiger partial charge in [-0.05, 0) is 30.5 Å². The van der Waals surface area contributed by atoms with Crippen molar-refractivity contribution in [2.24, 2.45) is 4.99 Å². The highest BCUT2D eigenvalue weighted by Crippen LogP contribution is 2.13. The zero-order valence-electron chi connectivity index (χ0n) is 15.8. The molecule has 3 rings (SSSR count). The smallest absolute Gasteiger partial charge is 0.299 e. The lowest BCUT2D eigenvalue weighted by Gasteiger charge is -2.36. The lowest BCUT2D eigenvalue weighted by Crippen LogP contribution is -2.58. The molecule has 1 atom stereocenters. The summed E-state index contributed by atoms with van der Waals surface area (Å²) in [7, 11) is 1.50. The van der Waals surface area contributed by atoms with Crippen molar-refractivity contribution in [1.29, 1.82) is 0 Å². The number of Topliss-reactive ketones (excluding diaryl/α,β-unsaturated/α-hetero) is 1. The number of amides is 2. The highest BCUT2D eigenvalue weighted by atomic mass is 16.5. The van der Waals surface area contributed by atoms with E-state index >= 15 is 0 Å². The van der Waals surface area contributed by atoms with Crippen LogP contribution in [-0.4, -0.2) is 72.7 Å². The standard InChI is InChI=1S/C19H24N4O4/c1-12-4-5-14(10-13(12)2)11-20-17(25)15-16(24)18(26)22(3)19(21-15)23-6-8-27-9-7-23/h4-5,10,15H,6-9,11H2,1-3H3,(H,20,25). The van der Waals surface area contributed by atoms with Gasteiger partial charge in [0.25, 0.3) is 17.6 Å². The molecule has 1 saturated heterocycles. The molecule has 2 heterocycles. The Morgan fingerprint density at radius 3 is 2.59 bits per heavy atom. The lowest BCUT2D eigenvalue weighted by molar-refractivity contribution is -0.145. The van der Waals surface area contributed by atoms with Crippen LogP contribution in [0.4, 0.5) is 0 Å². The summed E-state index contributed by atoms with van der Waals surface area (Å²) < 4.78 is 5.31. The predicted octanol–water partition coefficient (Wildman–Crippen LogP) is 0.0175. The van der Waals surface area contributed by atoms with Crippen LogP contribution in [0.5, 0.6) is 0 Å². The van der Waals surface area contributed by atoms with E-state index in [1.807, 2.05) is 36.9 Å². The van der Waals surface area contributed by atoms with E-state index in [1.165, 1.54) is 17.5 Å². The molecule has 1 aromatic rings. The normalized spacial score (nSPS) is 20.6. The van der Waals surface area contributed by atoms with Crippen molar-refractivity contribution >= 4 is 23.6 Å². The summed E-state index contributed by atoms with van der Waals surface area (Å²) in [5.74, 6) is -1.76. The maximum Gasteiger partial charge on any atom is 0.299 e. The van der Waals surface area contributed by atoms with E-state index in [9.17, 15) is 14.4 Å². The van der Waals surface area contributed by atoms with Gasteiger partial charge < -0.3 is 15.0 Å². The molecule has 0 spiro atoms. The molecule has 0 saturated carbocycles. The largest absolute Gasteiger partial charge is 0.378 e. The fourth-order valence-electron chi connectivity index (χ4n) is 3.07. The summed E-state index contributed by atoms with van der Waals surface area (Å²) in [5, 5.41) is 2.72. The molecule has 27 heavy (non-hydrogen) atoms. The minimum Gasteiger partial charge on any atom is -0.378 e. The van der Waals surface area contributed by atoms with Crippen molar-refractivity contribution in [2.45, 2.75) is 26.4 Å². The number of hydrogen-bond acceptors (Lipinski definition) is 6. The van der Waals surface area contributed by atoms with Gasteiger partial charge >= 0.3 is 0 Å². The van der Waals surface area contributed by atoms with Crippen molar-refractivity contribution in [2.75, 3.05) is 33.4 Å². The SMILES string of the molecule is Cc1ccc(CNC(=O)C2N=C(N3CCOCC3)N(C)C(=O)C2=O)cc1C. The van der Waals surface area contributed by atoms with E-state index in [1.54, 1.807) is 0 Å². The molecule has 0 aromatic heterocycles. The third kappa shape index (κ3) is 4.00. The van der Waals surface area contributed by atoms with Crippen LogP contribution in [-0.2, 0) is 25.7 Å². The second-order valence-electron chi connectivity index (χ2n) is 6.80. The quantitative estimate of drug-likeness (QED) is 0.597. The van der Waals surface area contributed by atoms with Gasteiger partial charge in [0.1, 0.15) is 0 Å². The second kappa shape index (κ2) is 7.87. The monoisotopic (exact) mass is 372 g/mol. The van der Waals surface area contributed by atoms with E-state index in [0.717, 1.165) is 11.1 Å². The minimum absolute atomic E-state index is 0.274. The zero-order chi connectivity index (χ0) is 19.6. The molecule has 1 aromatic carbocycles. The lowest BCUT2D eigenvalue weighted by atomic mass is 10.1. The summed E-state index contributed by atoms with van der Waals surface area (Å²) in [6.07, 6.45) is 0. The first kappa shape index (κ1) is 19.0.